The molecule has 8 heteroatoms. The Bertz CT molecular complexity index is 1520. The Morgan fingerprint density at radius 2 is 1.83 bits per heavy atom. The largest absolute Gasteiger partial charge is 0.434 e. The number of rotatable bonds is 5. The Morgan fingerprint density at radius 3 is 2.57 bits per heavy atom. The lowest BCUT2D eigenvalue weighted by Crippen LogP contribution is -2.27. The van der Waals surface area contributed by atoms with Crippen molar-refractivity contribution in [2.45, 2.75) is 12.8 Å². The van der Waals surface area contributed by atoms with Gasteiger partial charge in [0.1, 0.15) is 5.82 Å². The zero-order chi connectivity index (χ0) is 24.5. The molecule has 0 unspecified atom stereocenters. The van der Waals surface area contributed by atoms with E-state index in [9.17, 15) is 18.4 Å². The average molecular weight is 473 g/mol. The summed E-state index contributed by atoms with van der Waals surface area (Å²) in [5, 5.41) is 4.33. The molecule has 0 saturated carbocycles. The van der Waals surface area contributed by atoms with Crippen molar-refractivity contribution in [2.24, 2.45) is 0 Å². The molecule has 1 saturated heterocycles. The van der Waals surface area contributed by atoms with Gasteiger partial charge in [-0.1, -0.05) is 18.7 Å². The van der Waals surface area contributed by atoms with E-state index in [-0.39, 0.29) is 23.0 Å². The number of hydrogen-bond acceptors (Lipinski definition) is 4. The van der Waals surface area contributed by atoms with E-state index in [1.165, 1.54) is 28.9 Å². The highest BCUT2D eigenvalue weighted by Crippen LogP contribution is 2.30. The second-order valence-electron chi connectivity index (χ2n) is 8.24. The van der Waals surface area contributed by atoms with E-state index < -0.39 is 11.6 Å². The summed E-state index contributed by atoms with van der Waals surface area (Å²) < 4.78 is 34.1. The molecule has 3 heterocycles. The highest BCUT2D eigenvalue weighted by Gasteiger charge is 2.21. The van der Waals surface area contributed by atoms with Gasteiger partial charge in [-0.25, -0.2) is 13.3 Å². The molecule has 0 bridgehead atoms. The van der Waals surface area contributed by atoms with Crippen LogP contribution >= 0.6 is 0 Å². The van der Waals surface area contributed by atoms with Crippen LogP contribution in [0, 0.1) is 11.6 Å². The van der Waals surface area contributed by atoms with Gasteiger partial charge in [0.2, 0.25) is 5.88 Å². The van der Waals surface area contributed by atoms with Crippen molar-refractivity contribution in [3.05, 3.63) is 100 Å². The monoisotopic (exact) mass is 473 g/mol. The third kappa shape index (κ3) is 4.30. The minimum atomic E-state index is -0.859. The number of ether oxygens (including phenoxy) is 1. The topological polar surface area (TPSA) is 63.9 Å². The SMILES string of the molecule is C=Cc1ccc(C(=O)N2CCCC2)cc1-c1c(=O)ccn2nc(Oc3ccc(F)cc3F)ccc12. The number of pyridine rings is 1. The van der Waals surface area contributed by atoms with Crippen LogP contribution in [0.25, 0.3) is 22.7 Å². The Kier molecular flexibility index (Phi) is 5.86. The molecule has 176 valence electrons. The van der Waals surface area contributed by atoms with E-state index in [0.29, 0.717) is 27.8 Å². The van der Waals surface area contributed by atoms with Crippen molar-refractivity contribution in [2.75, 3.05) is 13.1 Å². The summed E-state index contributed by atoms with van der Waals surface area (Å²) >= 11 is 0. The van der Waals surface area contributed by atoms with Gasteiger partial charge in [-0.05, 0) is 54.3 Å². The van der Waals surface area contributed by atoms with Crippen LogP contribution in [0.5, 0.6) is 11.6 Å². The first-order valence-electron chi connectivity index (χ1n) is 11.2. The van der Waals surface area contributed by atoms with E-state index in [4.69, 9.17) is 4.74 Å². The molecule has 1 aliphatic heterocycles. The van der Waals surface area contributed by atoms with Gasteiger partial charge in [0, 0.05) is 43.0 Å². The van der Waals surface area contributed by atoms with Gasteiger partial charge < -0.3 is 9.64 Å². The van der Waals surface area contributed by atoms with Gasteiger partial charge in [-0.15, -0.1) is 5.10 Å². The van der Waals surface area contributed by atoms with Crippen LogP contribution in [0.3, 0.4) is 0 Å². The van der Waals surface area contributed by atoms with E-state index in [1.807, 2.05) is 4.90 Å². The number of fused-ring (bicyclic) bond motifs is 1. The van der Waals surface area contributed by atoms with Gasteiger partial charge >= 0.3 is 0 Å². The fraction of sp³-hybridized carbons (Fsp3) is 0.148. The second-order valence-corrected chi connectivity index (χ2v) is 8.24. The summed E-state index contributed by atoms with van der Waals surface area (Å²) in [6.45, 7) is 5.29. The van der Waals surface area contributed by atoms with Gasteiger partial charge in [0.15, 0.2) is 17.0 Å². The Balaban J connectivity index is 1.59. The normalized spacial score (nSPS) is 13.3. The van der Waals surface area contributed by atoms with Crippen LogP contribution in [0.15, 0.2) is 72.2 Å². The van der Waals surface area contributed by atoms with E-state index in [1.54, 1.807) is 30.3 Å². The number of hydrogen-bond donors (Lipinski definition) is 0. The minimum absolute atomic E-state index is 0.0551. The number of carbonyl (C=O) groups excluding carboxylic acids is 1. The number of halogens is 2. The van der Waals surface area contributed by atoms with Gasteiger partial charge in [0.25, 0.3) is 5.91 Å². The fourth-order valence-corrected chi connectivity index (χ4v) is 4.26. The Labute approximate surface area is 199 Å². The van der Waals surface area contributed by atoms with Crippen LogP contribution in [0.4, 0.5) is 8.78 Å². The molecule has 0 spiro atoms. The first-order valence-corrected chi connectivity index (χ1v) is 11.2. The van der Waals surface area contributed by atoms with Crippen molar-refractivity contribution in [3.63, 3.8) is 0 Å². The van der Waals surface area contributed by atoms with Crippen LogP contribution in [-0.4, -0.2) is 33.5 Å². The van der Waals surface area contributed by atoms with Crippen molar-refractivity contribution in [1.82, 2.24) is 14.5 Å². The van der Waals surface area contributed by atoms with Crippen molar-refractivity contribution in [1.29, 1.82) is 0 Å². The molecule has 0 aliphatic carbocycles. The lowest BCUT2D eigenvalue weighted by molar-refractivity contribution is 0.0793. The van der Waals surface area contributed by atoms with Gasteiger partial charge in [-0.3, -0.25) is 9.59 Å². The molecule has 0 radical (unpaired) electrons. The average Bonchev–Trinajstić information content (AvgIpc) is 3.40. The molecule has 6 nitrogen and oxygen atoms in total. The molecule has 1 fully saturated rings. The van der Waals surface area contributed by atoms with Crippen LogP contribution < -0.4 is 10.2 Å². The van der Waals surface area contributed by atoms with E-state index in [0.717, 1.165) is 38.1 Å². The Hall–Kier alpha value is -4.33. The summed E-state index contributed by atoms with van der Waals surface area (Å²) in [5.41, 5.74) is 2.33. The third-order valence-electron chi connectivity index (χ3n) is 6.00. The molecule has 2 aromatic carbocycles. The summed E-state index contributed by atoms with van der Waals surface area (Å²) in [7, 11) is 0. The molecule has 1 aliphatic rings. The summed E-state index contributed by atoms with van der Waals surface area (Å²) in [6, 6.07) is 12.7. The first kappa shape index (κ1) is 22.5. The second kappa shape index (κ2) is 9.13. The molecule has 5 rings (SSSR count). The lowest BCUT2D eigenvalue weighted by Gasteiger charge is -2.17. The molecule has 2 aromatic heterocycles. The van der Waals surface area contributed by atoms with Gasteiger partial charge in [0.05, 0.1) is 11.1 Å². The first-order chi connectivity index (χ1) is 16.9. The number of nitrogens with zero attached hydrogens (tertiary/aromatic N) is 3. The van der Waals surface area contributed by atoms with E-state index in [2.05, 4.69) is 11.7 Å². The number of benzene rings is 2. The third-order valence-corrected chi connectivity index (χ3v) is 6.00. The maximum absolute atomic E-state index is 14.0. The molecule has 1 amide bonds. The number of carbonyl (C=O) groups is 1. The summed E-state index contributed by atoms with van der Waals surface area (Å²) in [5.74, 6) is -1.77. The molecular formula is C27H21F2N3O3. The van der Waals surface area contributed by atoms with Crippen molar-refractivity contribution >= 4 is 17.5 Å². The van der Waals surface area contributed by atoms with E-state index >= 15 is 0 Å². The van der Waals surface area contributed by atoms with Crippen LogP contribution in [0.2, 0.25) is 0 Å². The zero-order valence-corrected chi connectivity index (χ0v) is 18.7. The highest BCUT2D eigenvalue weighted by molar-refractivity contribution is 5.97. The molecule has 4 aromatic rings. The zero-order valence-electron chi connectivity index (χ0n) is 18.7. The maximum Gasteiger partial charge on any atom is 0.253 e. The van der Waals surface area contributed by atoms with Crippen LogP contribution in [-0.2, 0) is 0 Å². The molecular weight excluding hydrogens is 452 g/mol. The number of aromatic nitrogens is 2. The number of amides is 1. The Morgan fingerprint density at radius 1 is 1.03 bits per heavy atom. The predicted molar refractivity (Wildman–Crippen MR) is 129 cm³/mol. The van der Waals surface area contributed by atoms with Gasteiger partial charge in [-0.2, -0.15) is 0 Å². The molecule has 35 heavy (non-hydrogen) atoms. The van der Waals surface area contributed by atoms with Crippen LogP contribution in [0.1, 0.15) is 28.8 Å². The smallest absolute Gasteiger partial charge is 0.253 e. The summed E-state index contributed by atoms with van der Waals surface area (Å²) in [4.78, 5) is 27.8. The minimum Gasteiger partial charge on any atom is -0.434 e. The standard InChI is InChI=1S/C27H21F2N3O3/c1-2-17-5-6-18(27(34)31-12-3-4-13-31)15-20(17)26-22-8-10-25(30-32(22)14-11-23(26)33)35-24-9-7-19(28)16-21(24)29/h2,5-11,14-16H,1,3-4,12-13H2. The fourth-order valence-electron chi connectivity index (χ4n) is 4.26. The molecule has 0 N–H and O–H groups in total. The van der Waals surface area contributed by atoms with Crippen molar-refractivity contribution in [3.8, 4) is 22.8 Å². The predicted octanol–water partition coefficient (Wildman–Crippen LogP) is 5.31. The van der Waals surface area contributed by atoms with Crippen molar-refractivity contribution < 1.29 is 18.3 Å². The summed E-state index contributed by atoms with van der Waals surface area (Å²) in [6.07, 6.45) is 5.06. The quantitative estimate of drug-likeness (QED) is 0.394. The maximum atomic E-state index is 14.0. The number of likely N-dealkylation sites (tertiary alicyclic amines) is 1. The lowest BCUT2D eigenvalue weighted by atomic mass is 9.96. The molecule has 0 atom stereocenters. The highest BCUT2D eigenvalue weighted by atomic mass is 19.1.